The molecule has 0 unspecified atom stereocenters. The van der Waals surface area contributed by atoms with E-state index in [2.05, 4.69) is 45.4 Å². The summed E-state index contributed by atoms with van der Waals surface area (Å²) in [5.41, 5.74) is 1.30. The first kappa shape index (κ1) is 15.0. The van der Waals surface area contributed by atoms with Crippen molar-refractivity contribution in [2.45, 2.75) is 39.3 Å². The largest absolute Gasteiger partial charge is 0.343 e. The van der Waals surface area contributed by atoms with E-state index in [4.69, 9.17) is 0 Å². The number of benzene rings is 1. The number of hydrogen-bond acceptors (Lipinski definition) is 3. The summed E-state index contributed by atoms with van der Waals surface area (Å²) in [4.78, 5) is 14.1. The minimum Gasteiger partial charge on any atom is -0.299 e. The van der Waals surface area contributed by atoms with E-state index in [0.717, 1.165) is 31.9 Å². The molecule has 3 rings (SSSR count). The molecule has 1 aliphatic heterocycles. The summed E-state index contributed by atoms with van der Waals surface area (Å²) in [7, 11) is 0. The van der Waals surface area contributed by atoms with Crippen LogP contribution >= 0.6 is 0 Å². The van der Waals surface area contributed by atoms with Crippen LogP contribution in [0.2, 0.25) is 0 Å². The second kappa shape index (κ2) is 6.92. The molecule has 5 heteroatoms. The van der Waals surface area contributed by atoms with Gasteiger partial charge in [0.25, 0.3) is 0 Å². The topological polar surface area (TPSA) is 53.9 Å². The summed E-state index contributed by atoms with van der Waals surface area (Å²) in [5, 5.41) is 6.75. The highest BCUT2D eigenvalue weighted by molar-refractivity contribution is 5.14. The fourth-order valence-electron chi connectivity index (χ4n) is 3.28. The lowest BCUT2D eigenvalue weighted by Gasteiger charge is -2.31. The highest BCUT2D eigenvalue weighted by Gasteiger charge is 2.21. The van der Waals surface area contributed by atoms with Crippen molar-refractivity contribution < 1.29 is 0 Å². The Labute approximate surface area is 131 Å². The second-order valence-corrected chi connectivity index (χ2v) is 6.10. The predicted octanol–water partition coefficient (Wildman–Crippen LogP) is 2.05. The number of piperidine rings is 1. The van der Waals surface area contributed by atoms with Crippen LogP contribution in [-0.2, 0) is 19.5 Å². The molecule has 0 saturated carbocycles. The molecule has 1 aromatic carbocycles. The molecule has 1 saturated heterocycles. The second-order valence-electron chi connectivity index (χ2n) is 6.10. The van der Waals surface area contributed by atoms with Gasteiger partial charge in [0.05, 0.1) is 0 Å². The summed E-state index contributed by atoms with van der Waals surface area (Å²) in [5.74, 6) is 1.54. The Balaban J connectivity index is 1.52. The van der Waals surface area contributed by atoms with Crippen molar-refractivity contribution in [1.29, 1.82) is 0 Å². The maximum absolute atomic E-state index is 11.6. The monoisotopic (exact) mass is 300 g/mol. The average Bonchev–Trinajstić information content (AvgIpc) is 2.90. The quantitative estimate of drug-likeness (QED) is 0.919. The summed E-state index contributed by atoms with van der Waals surface area (Å²) in [6, 6.07) is 10.6. The standard InChI is InChI=1S/C17H24N4O/c1-2-21-16(18-19-17(21)22)12-14-8-10-20(11-9-14)13-15-6-4-3-5-7-15/h3-7,14H,2,8-13H2,1H3,(H,19,22). The first-order valence-corrected chi connectivity index (χ1v) is 8.16. The van der Waals surface area contributed by atoms with Gasteiger partial charge in [-0.05, 0) is 44.3 Å². The highest BCUT2D eigenvalue weighted by Crippen LogP contribution is 2.21. The van der Waals surface area contributed by atoms with E-state index < -0.39 is 0 Å². The van der Waals surface area contributed by atoms with Crippen molar-refractivity contribution in [1.82, 2.24) is 19.7 Å². The van der Waals surface area contributed by atoms with Crippen LogP contribution in [0.5, 0.6) is 0 Å². The summed E-state index contributed by atoms with van der Waals surface area (Å²) < 4.78 is 1.75. The normalized spacial score (nSPS) is 17.0. The number of aromatic amines is 1. The third kappa shape index (κ3) is 3.47. The molecule has 5 nitrogen and oxygen atoms in total. The Hall–Kier alpha value is -1.88. The molecule has 0 aliphatic carbocycles. The maximum Gasteiger partial charge on any atom is 0.343 e. The zero-order valence-corrected chi connectivity index (χ0v) is 13.2. The number of aromatic nitrogens is 3. The lowest BCUT2D eigenvalue weighted by Crippen LogP contribution is -2.34. The number of hydrogen-bond donors (Lipinski definition) is 1. The van der Waals surface area contributed by atoms with Crippen LogP contribution in [0.15, 0.2) is 35.1 Å². The molecule has 118 valence electrons. The molecular formula is C17H24N4O. The molecule has 1 N–H and O–H groups in total. The average molecular weight is 300 g/mol. The molecule has 0 atom stereocenters. The Morgan fingerprint density at radius 2 is 1.95 bits per heavy atom. The molecule has 1 aromatic heterocycles. The smallest absolute Gasteiger partial charge is 0.299 e. The van der Waals surface area contributed by atoms with E-state index in [1.54, 1.807) is 4.57 Å². The number of nitrogens with one attached hydrogen (secondary N) is 1. The van der Waals surface area contributed by atoms with Crippen molar-refractivity contribution in [2.24, 2.45) is 5.92 Å². The van der Waals surface area contributed by atoms with Gasteiger partial charge in [-0.3, -0.25) is 9.47 Å². The van der Waals surface area contributed by atoms with Crippen LogP contribution in [-0.4, -0.2) is 32.8 Å². The fourth-order valence-corrected chi connectivity index (χ4v) is 3.28. The number of rotatable bonds is 5. The summed E-state index contributed by atoms with van der Waals surface area (Å²) in [6.07, 6.45) is 3.26. The molecule has 22 heavy (non-hydrogen) atoms. The van der Waals surface area contributed by atoms with E-state index in [0.29, 0.717) is 12.5 Å². The Morgan fingerprint density at radius 1 is 1.23 bits per heavy atom. The van der Waals surface area contributed by atoms with Crippen molar-refractivity contribution in [3.63, 3.8) is 0 Å². The number of likely N-dealkylation sites (tertiary alicyclic amines) is 1. The fraction of sp³-hybridized carbons (Fsp3) is 0.529. The van der Waals surface area contributed by atoms with Gasteiger partial charge < -0.3 is 0 Å². The maximum atomic E-state index is 11.6. The zero-order chi connectivity index (χ0) is 15.4. The van der Waals surface area contributed by atoms with Gasteiger partial charge in [-0.25, -0.2) is 9.89 Å². The molecule has 0 radical (unpaired) electrons. The van der Waals surface area contributed by atoms with Crippen LogP contribution < -0.4 is 5.69 Å². The highest BCUT2D eigenvalue weighted by atomic mass is 16.1. The Morgan fingerprint density at radius 3 is 2.64 bits per heavy atom. The molecule has 1 fully saturated rings. The van der Waals surface area contributed by atoms with E-state index in [9.17, 15) is 4.79 Å². The van der Waals surface area contributed by atoms with Gasteiger partial charge in [0, 0.05) is 19.5 Å². The molecule has 0 bridgehead atoms. The molecule has 0 spiro atoms. The van der Waals surface area contributed by atoms with Crippen LogP contribution in [0.25, 0.3) is 0 Å². The lowest BCUT2D eigenvalue weighted by atomic mass is 9.93. The van der Waals surface area contributed by atoms with Crippen LogP contribution in [0.4, 0.5) is 0 Å². The molecule has 2 heterocycles. The Bertz CT molecular complexity index is 638. The van der Waals surface area contributed by atoms with Gasteiger partial charge >= 0.3 is 5.69 Å². The first-order valence-electron chi connectivity index (χ1n) is 8.16. The summed E-state index contributed by atoms with van der Waals surface area (Å²) >= 11 is 0. The number of H-pyrrole nitrogens is 1. The number of nitrogens with zero attached hydrogens (tertiary/aromatic N) is 3. The van der Waals surface area contributed by atoms with Gasteiger partial charge in [-0.15, -0.1) is 0 Å². The zero-order valence-electron chi connectivity index (χ0n) is 13.2. The van der Waals surface area contributed by atoms with Gasteiger partial charge in [0.15, 0.2) is 0 Å². The van der Waals surface area contributed by atoms with E-state index >= 15 is 0 Å². The molecule has 1 aliphatic rings. The van der Waals surface area contributed by atoms with Crippen LogP contribution in [0, 0.1) is 5.92 Å². The third-order valence-electron chi connectivity index (χ3n) is 4.58. The van der Waals surface area contributed by atoms with Crippen molar-refractivity contribution in [2.75, 3.05) is 13.1 Å². The van der Waals surface area contributed by atoms with Crippen LogP contribution in [0.1, 0.15) is 31.2 Å². The Kier molecular flexibility index (Phi) is 4.73. The van der Waals surface area contributed by atoms with Gasteiger partial charge in [0.1, 0.15) is 5.82 Å². The minimum atomic E-state index is -0.0842. The molecule has 0 amide bonds. The van der Waals surface area contributed by atoms with Crippen molar-refractivity contribution in [3.8, 4) is 0 Å². The van der Waals surface area contributed by atoms with Crippen molar-refractivity contribution in [3.05, 3.63) is 52.2 Å². The first-order chi connectivity index (χ1) is 10.8. The van der Waals surface area contributed by atoms with E-state index in [1.165, 1.54) is 18.4 Å². The minimum absolute atomic E-state index is 0.0842. The lowest BCUT2D eigenvalue weighted by molar-refractivity contribution is 0.175. The van der Waals surface area contributed by atoms with Gasteiger partial charge in [0.2, 0.25) is 0 Å². The molecular weight excluding hydrogens is 276 g/mol. The third-order valence-corrected chi connectivity index (χ3v) is 4.58. The SMILES string of the molecule is CCn1c(CC2CCN(Cc3ccccc3)CC2)n[nH]c1=O. The van der Waals surface area contributed by atoms with E-state index in [-0.39, 0.29) is 5.69 Å². The predicted molar refractivity (Wildman–Crippen MR) is 86.7 cm³/mol. The van der Waals surface area contributed by atoms with Crippen molar-refractivity contribution >= 4 is 0 Å². The molecule has 2 aromatic rings. The summed E-state index contributed by atoms with van der Waals surface area (Å²) in [6.45, 7) is 5.97. The van der Waals surface area contributed by atoms with Gasteiger partial charge in [-0.2, -0.15) is 5.10 Å². The van der Waals surface area contributed by atoms with Crippen LogP contribution in [0.3, 0.4) is 0 Å². The van der Waals surface area contributed by atoms with E-state index in [1.807, 2.05) is 6.92 Å². The van der Waals surface area contributed by atoms with Gasteiger partial charge in [-0.1, -0.05) is 30.3 Å².